The first-order chi connectivity index (χ1) is 7.67. The van der Waals surface area contributed by atoms with E-state index in [9.17, 15) is 4.79 Å². The molecule has 0 bridgehead atoms. The first-order valence-electron chi connectivity index (χ1n) is 5.39. The minimum atomic E-state index is -0.255. The van der Waals surface area contributed by atoms with E-state index < -0.39 is 0 Å². The maximum Gasteiger partial charge on any atom is 0.409 e. The second-order valence-corrected chi connectivity index (χ2v) is 3.58. The fraction of sp³-hybridized carbons (Fsp3) is 0.778. The molecular weight excluding hydrogens is 210 g/mol. The number of nitrogens with one attached hydrogen (secondary N) is 1. The highest BCUT2D eigenvalue weighted by molar-refractivity contribution is 5.77. The molecule has 0 saturated carbocycles. The van der Waals surface area contributed by atoms with Crippen LogP contribution in [0.4, 0.5) is 4.79 Å². The molecule has 0 aromatic rings. The molecule has 1 aliphatic rings. The van der Waals surface area contributed by atoms with E-state index in [0.717, 1.165) is 12.8 Å². The van der Waals surface area contributed by atoms with E-state index in [1.54, 1.807) is 11.8 Å². The van der Waals surface area contributed by atoms with Gasteiger partial charge in [-0.1, -0.05) is 0 Å². The number of carbonyl (C=O) groups is 1. The van der Waals surface area contributed by atoms with Crippen LogP contribution in [0.3, 0.4) is 0 Å². The van der Waals surface area contributed by atoms with Gasteiger partial charge in [0.15, 0.2) is 0 Å². The normalized spacial score (nSPS) is 18.4. The minimum Gasteiger partial charge on any atom is -0.450 e. The molecule has 1 fully saturated rings. The number of amides is 1. The number of likely N-dealkylation sites (tertiary alicyclic amines) is 1. The maximum absolute atomic E-state index is 11.4. The second kappa shape index (κ2) is 6.16. The average Bonchev–Trinajstić information content (AvgIpc) is 2.30. The fourth-order valence-corrected chi connectivity index (χ4v) is 1.63. The lowest BCUT2D eigenvalue weighted by atomic mass is 10.1. The highest BCUT2D eigenvalue weighted by Crippen LogP contribution is 2.14. The van der Waals surface area contributed by atoms with Gasteiger partial charge in [0.1, 0.15) is 0 Å². The number of aliphatic imine (C=N–C) groups is 1. The molecule has 1 heterocycles. The Labute approximate surface area is 94.8 Å². The Morgan fingerprint density at radius 1 is 1.56 bits per heavy atom. The zero-order chi connectivity index (χ0) is 12.0. The van der Waals surface area contributed by atoms with Gasteiger partial charge in [-0.25, -0.2) is 15.6 Å². The van der Waals surface area contributed by atoms with Crippen molar-refractivity contribution >= 4 is 12.1 Å². The molecule has 1 aliphatic heterocycles. The van der Waals surface area contributed by atoms with Crippen molar-refractivity contribution in [3.8, 4) is 0 Å². The van der Waals surface area contributed by atoms with Crippen molar-refractivity contribution in [1.29, 1.82) is 0 Å². The van der Waals surface area contributed by atoms with Gasteiger partial charge in [-0.05, 0) is 19.8 Å². The van der Waals surface area contributed by atoms with Gasteiger partial charge < -0.3 is 15.4 Å². The zero-order valence-electron chi connectivity index (χ0n) is 9.48. The molecule has 0 aliphatic carbocycles. The van der Waals surface area contributed by atoms with Gasteiger partial charge in [0.25, 0.3) is 0 Å². The molecule has 92 valence electrons. The predicted octanol–water partition coefficient (Wildman–Crippen LogP) is -0.615. The third-order valence-electron chi connectivity index (χ3n) is 2.46. The number of hydrazine groups is 1. The first-order valence-corrected chi connectivity index (χ1v) is 5.39. The number of nitrogens with zero attached hydrogens (tertiary/aromatic N) is 2. The molecule has 0 atom stereocenters. The Bertz CT molecular complexity index is 261. The summed E-state index contributed by atoms with van der Waals surface area (Å²) in [6.45, 7) is 3.49. The maximum atomic E-state index is 11.4. The van der Waals surface area contributed by atoms with Crippen LogP contribution in [-0.4, -0.2) is 42.7 Å². The molecule has 0 radical (unpaired) electrons. The van der Waals surface area contributed by atoms with E-state index in [-0.39, 0.29) is 18.1 Å². The van der Waals surface area contributed by atoms with Crippen LogP contribution in [0.15, 0.2) is 4.99 Å². The summed E-state index contributed by atoms with van der Waals surface area (Å²) in [6.07, 6.45) is 1.30. The first kappa shape index (κ1) is 12.6. The van der Waals surface area contributed by atoms with Crippen molar-refractivity contribution in [2.75, 3.05) is 19.7 Å². The van der Waals surface area contributed by atoms with Gasteiger partial charge in [-0.3, -0.25) is 5.43 Å². The summed E-state index contributed by atoms with van der Waals surface area (Å²) in [5.74, 6) is 5.35. The average molecular weight is 229 g/mol. The van der Waals surface area contributed by atoms with Crippen LogP contribution in [0.2, 0.25) is 0 Å². The number of nitrogens with two attached hydrogens (primary N) is 2. The number of ether oxygens (including phenoxy) is 1. The van der Waals surface area contributed by atoms with Crippen LogP contribution >= 0.6 is 0 Å². The van der Waals surface area contributed by atoms with Crippen LogP contribution in [0, 0.1) is 0 Å². The summed E-state index contributed by atoms with van der Waals surface area (Å²) in [5.41, 5.74) is 7.74. The molecular formula is C9H19N5O2. The molecule has 1 rings (SSSR count). The molecule has 0 aromatic heterocycles. The molecule has 1 saturated heterocycles. The minimum absolute atomic E-state index is 0.127. The molecule has 5 N–H and O–H groups in total. The van der Waals surface area contributed by atoms with E-state index >= 15 is 0 Å². The smallest absolute Gasteiger partial charge is 0.409 e. The van der Waals surface area contributed by atoms with Crippen LogP contribution in [0.25, 0.3) is 0 Å². The van der Waals surface area contributed by atoms with Crippen molar-refractivity contribution in [2.45, 2.75) is 25.8 Å². The van der Waals surface area contributed by atoms with Gasteiger partial charge in [-0.15, -0.1) is 0 Å². The van der Waals surface area contributed by atoms with Crippen LogP contribution < -0.4 is 17.0 Å². The highest BCUT2D eigenvalue weighted by Gasteiger charge is 2.23. The third kappa shape index (κ3) is 3.58. The monoisotopic (exact) mass is 229 g/mol. The topological polar surface area (TPSA) is 106 Å². The Morgan fingerprint density at radius 2 is 2.19 bits per heavy atom. The number of hydrogen-bond donors (Lipinski definition) is 3. The number of piperidine rings is 1. The van der Waals surface area contributed by atoms with Crippen molar-refractivity contribution in [1.82, 2.24) is 10.3 Å². The summed E-state index contributed by atoms with van der Waals surface area (Å²) < 4.78 is 4.91. The number of carbonyl (C=O) groups excluding carboxylic acids is 1. The predicted molar refractivity (Wildman–Crippen MR) is 60.6 cm³/mol. The lowest BCUT2D eigenvalue weighted by Gasteiger charge is -2.29. The quantitative estimate of drug-likeness (QED) is 0.253. The van der Waals surface area contributed by atoms with E-state index in [0.29, 0.717) is 19.7 Å². The number of hydrogen-bond acceptors (Lipinski definition) is 4. The van der Waals surface area contributed by atoms with Gasteiger partial charge in [-0.2, -0.15) is 0 Å². The largest absolute Gasteiger partial charge is 0.450 e. The van der Waals surface area contributed by atoms with Gasteiger partial charge in [0, 0.05) is 13.1 Å². The summed E-state index contributed by atoms with van der Waals surface area (Å²) in [5, 5.41) is 0. The molecule has 0 aromatic carbocycles. The summed E-state index contributed by atoms with van der Waals surface area (Å²) in [6, 6.07) is 0.127. The van der Waals surface area contributed by atoms with Gasteiger partial charge in [0.2, 0.25) is 5.96 Å². The van der Waals surface area contributed by atoms with E-state index in [2.05, 4.69) is 10.4 Å². The molecule has 0 spiro atoms. The summed E-state index contributed by atoms with van der Waals surface area (Å²) in [4.78, 5) is 17.2. The van der Waals surface area contributed by atoms with Crippen LogP contribution in [0.1, 0.15) is 19.8 Å². The number of guanidine groups is 1. The van der Waals surface area contributed by atoms with Crippen molar-refractivity contribution in [3.63, 3.8) is 0 Å². The molecule has 16 heavy (non-hydrogen) atoms. The molecule has 0 unspecified atom stereocenters. The van der Waals surface area contributed by atoms with Crippen molar-refractivity contribution in [2.24, 2.45) is 16.6 Å². The molecule has 7 nitrogen and oxygen atoms in total. The molecule has 1 amide bonds. The van der Waals surface area contributed by atoms with E-state index in [1.807, 2.05) is 0 Å². The summed E-state index contributed by atoms with van der Waals surface area (Å²) >= 11 is 0. The third-order valence-corrected chi connectivity index (χ3v) is 2.46. The Kier molecular flexibility index (Phi) is 4.84. The SMILES string of the molecule is CCOC(=O)N1CCC(N=C(N)NN)CC1. The van der Waals surface area contributed by atoms with Gasteiger partial charge in [0.05, 0.1) is 12.6 Å². The van der Waals surface area contributed by atoms with Crippen LogP contribution in [0.5, 0.6) is 0 Å². The Morgan fingerprint density at radius 3 is 2.69 bits per heavy atom. The Hall–Kier alpha value is -1.50. The standard InChI is InChI=1S/C9H19N5O2/c1-2-16-9(15)14-5-3-7(4-6-14)12-8(10)13-11/h7H,2-6,11H2,1H3,(H3,10,12,13). The Balaban J connectivity index is 2.36. The zero-order valence-corrected chi connectivity index (χ0v) is 9.48. The van der Waals surface area contributed by atoms with Crippen molar-refractivity contribution < 1.29 is 9.53 Å². The highest BCUT2D eigenvalue weighted by atomic mass is 16.6. The van der Waals surface area contributed by atoms with E-state index in [4.69, 9.17) is 16.3 Å². The van der Waals surface area contributed by atoms with E-state index in [1.165, 1.54) is 0 Å². The van der Waals surface area contributed by atoms with Crippen molar-refractivity contribution in [3.05, 3.63) is 0 Å². The fourth-order valence-electron chi connectivity index (χ4n) is 1.63. The lowest BCUT2D eigenvalue weighted by Crippen LogP contribution is -2.42. The van der Waals surface area contributed by atoms with Crippen LogP contribution in [-0.2, 0) is 4.74 Å². The lowest BCUT2D eigenvalue weighted by molar-refractivity contribution is 0.0975. The number of rotatable bonds is 2. The summed E-state index contributed by atoms with van der Waals surface area (Å²) in [7, 11) is 0. The second-order valence-electron chi connectivity index (χ2n) is 3.58. The molecule has 7 heteroatoms. The van der Waals surface area contributed by atoms with Gasteiger partial charge >= 0.3 is 6.09 Å².